The molecular formula is C32H48N8O11. The maximum absolute atomic E-state index is 13.8. The van der Waals surface area contributed by atoms with E-state index in [4.69, 9.17) is 16.6 Å². The lowest BCUT2D eigenvalue weighted by atomic mass is 9.98. The number of aromatic hydroxyl groups is 1. The molecule has 0 saturated carbocycles. The number of carbonyl (C=O) groups excluding carboxylic acids is 7. The average Bonchev–Trinajstić information content (AvgIpc) is 3.58. The average molecular weight is 721 g/mol. The molecule has 1 aromatic rings. The molecule has 0 aliphatic carbocycles. The second-order valence-corrected chi connectivity index (χ2v) is 12.4. The second-order valence-electron chi connectivity index (χ2n) is 12.4. The van der Waals surface area contributed by atoms with Crippen molar-refractivity contribution in [2.75, 3.05) is 19.7 Å². The number of aliphatic hydroxyl groups excluding tert-OH is 1. The van der Waals surface area contributed by atoms with E-state index in [1.165, 1.54) is 17.0 Å². The molecule has 2 rings (SSSR count). The van der Waals surface area contributed by atoms with Crippen molar-refractivity contribution in [2.45, 2.75) is 89.1 Å². The van der Waals surface area contributed by atoms with Crippen molar-refractivity contribution in [2.24, 2.45) is 17.4 Å². The number of likely N-dealkylation sites (tertiary alicyclic amines) is 1. The Bertz CT molecular complexity index is 1440. The number of phenols is 1. The Morgan fingerprint density at radius 1 is 0.902 bits per heavy atom. The molecule has 1 aliphatic heterocycles. The summed E-state index contributed by atoms with van der Waals surface area (Å²) in [6, 6.07) is -1.60. The van der Waals surface area contributed by atoms with Gasteiger partial charge in [0.1, 0.15) is 36.0 Å². The molecule has 0 aromatic heterocycles. The number of nitrogens with zero attached hydrogens (tertiary/aromatic N) is 1. The maximum atomic E-state index is 13.8. The smallest absolute Gasteiger partial charge is 0.325 e. The SMILES string of the molecule is CC[C@H](C)[C@H](N)C(=O)N[C@@H](Cc1ccc(O)cc1)C(=O)N1CCC[C@H]1C(=O)NCC(=O)N[C@@H](CC(N)=O)C(=O)N[C@@H](CO)C(=O)N[C@@H](C)C(=O)O. The zero-order chi connectivity index (χ0) is 38.4. The molecule has 1 saturated heterocycles. The highest BCUT2D eigenvalue weighted by Gasteiger charge is 2.39. The summed E-state index contributed by atoms with van der Waals surface area (Å²) in [4.78, 5) is 102. The third-order valence-corrected chi connectivity index (χ3v) is 8.41. The first-order valence-electron chi connectivity index (χ1n) is 16.4. The molecule has 1 heterocycles. The van der Waals surface area contributed by atoms with Gasteiger partial charge in [0.25, 0.3) is 0 Å². The van der Waals surface area contributed by atoms with Crippen LogP contribution in [0.3, 0.4) is 0 Å². The van der Waals surface area contributed by atoms with Crippen molar-refractivity contribution in [3.8, 4) is 5.75 Å². The van der Waals surface area contributed by atoms with Gasteiger partial charge in [0.2, 0.25) is 41.4 Å². The van der Waals surface area contributed by atoms with Crippen LogP contribution in [-0.4, -0.2) is 123 Å². The van der Waals surface area contributed by atoms with Gasteiger partial charge in [-0.25, -0.2) is 0 Å². The first-order chi connectivity index (χ1) is 24.0. The predicted octanol–water partition coefficient (Wildman–Crippen LogP) is -3.67. The Hall–Kier alpha value is -5.30. The summed E-state index contributed by atoms with van der Waals surface area (Å²) >= 11 is 0. The largest absolute Gasteiger partial charge is 0.508 e. The van der Waals surface area contributed by atoms with Crippen molar-refractivity contribution in [3.05, 3.63) is 29.8 Å². The maximum Gasteiger partial charge on any atom is 0.325 e. The van der Waals surface area contributed by atoms with Crippen LogP contribution in [0.1, 0.15) is 52.0 Å². The molecule has 282 valence electrons. The number of rotatable bonds is 19. The van der Waals surface area contributed by atoms with E-state index in [9.17, 15) is 48.6 Å². The van der Waals surface area contributed by atoms with Crippen LogP contribution in [0.25, 0.3) is 0 Å². The molecule has 0 radical (unpaired) electrons. The second kappa shape index (κ2) is 19.8. The number of phenolic OH excluding ortho intramolecular Hbond substituents is 1. The zero-order valence-corrected chi connectivity index (χ0v) is 28.7. The van der Waals surface area contributed by atoms with E-state index in [1.807, 2.05) is 6.92 Å². The molecule has 51 heavy (non-hydrogen) atoms. The van der Waals surface area contributed by atoms with E-state index < -0.39 is 103 Å². The summed E-state index contributed by atoms with van der Waals surface area (Å²) in [7, 11) is 0. The van der Waals surface area contributed by atoms with Gasteiger partial charge in [-0.3, -0.25) is 38.4 Å². The lowest BCUT2D eigenvalue weighted by Gasteiger charge is -2.30. The Morgan fingerprint density at radius 3 is 2.08 bits per heavy atom. The lowest BCUT2D eigenvalue weighted by Crippen LogP contribution is -2.58. The van der Waals surface area contributed by atoms with Crippen molar-refractivity contribution in [1.82, 2.24) is 31.5 Å². The number of carboxylic acid groups (broad SMARTS) is 1. The topological polar surface area (TPSA) is 313 Å². The van der Waals surface area contributed by atoms with E-state index in [-0.39, 0.29) is 31.1 Å². The monoisotopic (exact) mass is 720 g/mol. The molecule has 1 aromatic carbocycles. The number of amides is 7. The Balaban J connectivity index is 2.11. The van der Waals surface area contributed by atoms with Crippen molar-refractivity contribution < 1.29 is 53.7 Å². The molecule has 1 aliphatic rings. The fourth-order valence-electron chi connectivity index (χ4n) is 5.13. The highest BCUT2D eigenvalue weighted by molar-refractivity contribution is 5.97. The highest BCUT2D eigenvalue weighted by atomic mass is 16.4. The van der Waals surface area contributed by atoms with Gasteiger partial charge in [0.05, 0.1) is 25.6 Å². The van der Waals surface area contributed by atoms with Crippen LogP contribution in [0.5, 0.6) is 5.75 Å². The Kier molecular flexibility index (Phi) is 16.2. The summed E-state index contributed by atoms with van der Waals surface area (Å²) in [5.74, 6) is -7.46. The van der Waals surface area contributed by atoms with Crippen LogP contribution in [0.4, 0.5) is 0 Å². The van der Waals surface area contributed by atoms with Gasteiger partial charge in [0, 0.05) is 13.0 Å². The van der Waals surface area contributed by atoms with Crippen molar-refractivity contribution in [3.63, 3.8) is 0 Å². The van der Waals surface area contributed by atoms with E-state index in [0.717, 1.165) is 6.92 Å². The normalized spacial score (nSPS) is 17.4. The number of nitrogens with two attached hydrogens (primary N) is 2. The van der Waals surface area contributed by atoms with Crippen LogP contribution >= 0.6 is 0 Å². The number of aliphatic carboxylic acids is 1. The van der Waals surface area contributed by atoms with Crippen LogP contribution in [0, 0.1) is 5.92 Å². The third kappa shape index (κ3) is 12.8. The minimum atomic E-state index is -1.64. The van der Waals surface area contributed by atoms with Crippen LogP contribution in [0.2, 0.25) is 0 Å². The predicted molar refractivity (Wildman–Crippen MR) is 179 cm³/mol. The fourth-order valence-corrected chi connectivity index (χ4v) is 5.13. The number of carbonyl (C=O) groups is 8. The molecule has 12 N–H and O–H groups in total. The molecule has 0 unspecified atom stereocenters. The number of hydrogen-bond donors (Lipinski definition) is 10. The van der Waals surface area contributed by atoms with Gasteiger partial charge < -0.3 is 58.3 Å². The molecule has 0 spiro atoms. The summed E-state index contributed by atoms with van der Waals surface area (Å²) in [6.45, 7) is 3.36. The van der Waals surface area contributed by atoms with E-state index >= 15 is 0 Å². The van der Waals surface area contributed by atoms with E-state index in [2.05, 4.69) is 26.6 Å². The molecule has 7 atom stereocenters. The standard InChI is InChI=1S/C32H48N8O11/c1-4-16(2)26(34)30(48)38-21(12-18-7-9-19(42)10-8-18)31(49)40-11-5-6-23(40)29(47)35-14-25(44)37-20(13-24(33)43)27(45)39-22(15-41)28(46)36-17(3)32(50)51/h7-10,16-17,20-23,26,41-42H,4-6,11-15,34H2,1-3H3,(H2,33,43)(H,35,47)(H,36,46)(H,37,44)(H,38,48)(H,39,45)(H,50,51)/t16-,17-,20-,21-,22-,23-,26-/m0/s1. The van der Waals surface area contributed by atoms with Gasteiger partial charge >= 0.3 is 5.97 Å². The Labute approximate surface area is 294 Å². The van der Waals surface area contributed by atoms with Gasteiger partial charge in [-0.2, -0.15) is 0 Å². The Morgan fingerprint density at radius 2 is 1.51 bits per heavy atom. The number of hydrogen-bond acceptors (Lipinski definition) is 11. The quantitative estimate of drug-likeness (QED) is 0.0661. The summed E-state index contributed by atoms with van der Waals surface area (Å²) < 4.78 is 0. The first-order valence-corrected chi connectivity index (χ1v) is 16.4. The third-order valence-electron chi connectivity index (χ3n) is 8.41. The number of benzene rings is 1. The minimum Gasteiger partial charge on any atom is -0.508 e. The molecule has 0 bridgehead atoms. The number of aliphatic hydroxyl groups is 1. The zero-order valence-electron chi connectivity index (χ0n) is 28.7. The number of primary amides is 1. The molecular weight excluding hydrogens is 672 g/mol. The van der Waals surface area contributed by atoms with Gasteiger partial charge in [0.15, 0.2) is 0 Å². The van der Waals surface area contributed by atoms with Crippen LogP contribution in [0.15, 0.2) is 24.3 Å². The van der Waals surface area contributed by atoms with Crippen LogP contribution < -0.4 is 38.1 Å². The number of carboxylic acids is 1. The van der Waals surface area contributed by atoms with Crippen LogP contribution in [-0.2, 0) is 44.8 Å². The van der Waals surface area contributed by atoms with Crippen molar-refractivity contribution in [1.29, 1.82) is 0 Å². The molecule has 1 fully saturated rings. The number of nitrogens with one attached hydrogen (secondary N) is 5. The van der Waals surface area contributed by atoms with E-state index in [1.54, 1.807) is 19.1 Å². The minimum absolute atomic E-state index is 0.00995. The van der Waals surface area contributed by atoms with Gasteiger partial charge in [-0.15, -0.1) is 0 Å². The van der Waals surface area contributed by atoms with Crippen molar-refractivity contribution >= 4 is 47.3 Å². The van der Waals surface area contributed by atoms with Gasteiger partial charge in [-0.05, 0) is 43.4 Å². The van der Waals surface area contributed by atoms with E-state index in [0.29, 0.717) is 18.4 Å². The molecule has 19 nitrogen and oxygen atoms in total. The highest BCUT2D eigenvalue weighted by Crippen LogP contribution is 2.21. The fraction of sp³-hybridized carbons (Fsp3) is 0.562. The van der Waals surface area contributed by atoms with Gasteiger partial charge in [-0.1, -0.05) is 32.4 Å². The molecule has 7 amide bonds. The molecule has 19 heteroatoms. The summed E-state index contributed by atoms with van der Waals surface area (Å²) in [5, 5.41) is 39.7. The summed E-state index contributed by atoms with van der Waals surface area (Å²) in [5.41, 5.74) is 11.9. The summed E-state index contributed by atoms with van der Waals surface area (Å²) in [6.07, 6.45) is 0.606. The first kappa shape index (κ1) is 41.9. The lowest BCUT2D eigenvalue weighted by molar-refractivity contribution is -0.142.